The van der Waals surface area contributed by atoms with Gasteiger partial charge in [0.25, 0.3) is 0 Å². The van der Waals surface area contributed by atoms with Gasteiger partial charge in [-0.3, -0.25) is 0 Å². The van der Waals surface area contributed by atoms with Crippen molar-refractivity contribution in [1.29, 1.82) is 0 Å². The van der Waals surface area contributed by atoms with Gasteiger partial charge in [-0.25, -0.2) is 0 Å². The second-order valence-corrected chi connectivity index (χ2v) is 4.61. The topological polar surface area (TPSA) is 83.7 Å². The minimum atomic E-state index is -1.12. The molecule has 1 heterocycles. The predicted molar refractivity (Wildman–Crippen MR) is 67.0 cm³/mol. The standard InChI is InChI=1S/C13H16N4O2/c1-9(2)10-3-5-11(6-4-10)13-14-16-17(15-13)8-7-12(18)19/h3-6,9H,7-8H2,1-2H3,(H,18,19)/p-1. The predicted octanol–water partition coefficient (Wildman–Crippen LogP) is 0.603. The summed E-state index contributed by atoms with van der Waals surface area (Å²) in [7, 11) is 0. The van der Waals surface area contributed by atoms with Gasteiger partial charge in [-0.2, -0.15) is 4.80 Å². The first kappa shape index (κ1) is 13.2. The highest BCUT2D eigenvalue weighted by Crippen LogP contribution is 2.19. The van der Waals surface area contributed by atoms with Crippen LogP contribution < -0.4 is 5.11 Å². The van der Waals surface area contributed by atoms with Crippen LogP contribution in [0, 0.1) is 0 Å². The van der Waals surface area contributed by atoms with Gasteiger partial charge in [0.15, 0.2) is 0 Å². The van der Waals surface area contributed by atoms with Gasteiger partial charge in [0.1, 0.15) is 0 Å². The summed E-state index contributed by atoms with van der Waals surface area (Å²) < 4.78 is 0. The number of aliphatic carboxylic acids is 1. The number of carboxylic acids is 1. The highest BCUT2D eigenvalue weighted by atomic mass is 16.4. The van der Waals surface area contributed by atoms with Crippen LogP contribution in [0.15, 0.2) is 24.3 Å². The molecule has 0 N–H and O–H groups in total. The molecule has 0 fully saturated rings. The zero-order valence-corrected chi connectivity index (χ0v) is 10.9. The lowest BCUT2D eigenvalue weighted by molar-refractivity contribution is -0.306. The Bertz CT molecular complexity index is 560. The molecule has 0 bridgehead atoms. The number of aryl methyl sites for hydroxylation is 1. The largest absolute Gasteiger partial charge is 0.550 e. The summed E-state index contributed by atoms with van der Waals surface area (Å²) >= 11 is 0. The van der Waals surface area contributed by atoms with Crippen molar-refractivity contribution in [2.45, 2.75) is 32.7 Å². The van der Waals surface area contributed by atoms with Gasteiger partial charge < -0.3 is 9.90 Å². The molecule has 0 saturated heterocycles. The van der Waals surface area contributed by atoms with E-state index in [0.717, 1.165) is 5.56 Å². The summed E-state index contributed by atoms with van der Waals surface area (Å²) in [5.74, 6) is -0.158. The molecule has 0 spiro atoms. The Labute approximate surface area is 111 Å². The first-order valence-electron chi connectivity index (χ1n) is 6.14. The van der Waals surface area contributed by atoms with Crippen molar-refractivity contribution in [3.8, 4) is 11.4 Å². The zero-order valence-electron chi connectivity index (χ0n) is 10.9. The number of carbonyl (C=O) groups is 1. The average molecular weight is 259 g/mol. The Morgan fingerprint density at radius 2 is 2.00 bits per heavy atom. The van der Waals surface area contributed by atoms with E-state index in [1.807, 2.05) is 24.3 Å². The van der Waals surface area contributed by atoms with Gasteiger partial charge in [0.2, 0.25) is 5.82 Å². The maximum Gasteiger partial charge on any atom is 0.204 e. The molecule has 0 aliphatic carbocycles. The molecule has 0 saturated carbocycles. The molecule has 100 valence electrons. The van der Waals surface area contributed by atoms with E-state index in [1.54, 1.807) is 0 Å². The van der Waals surface area contributed by atoms with Crippen LogP contribution in [0.3, 0.4) is 0 Å². The Balaban J connectivity index is 2.11. The quantitative estimate of drug-likeness (QED) is 0.785. The van der Waals surface area contributed by atoms with E-state index in [0.29, 0.717) is 11.7 Å². The van der Waals surface area contributed by atoms with Crippen molar-refractivity contribution in [3.63, 3.8) is 0 Å². The lowest BCUT2D eigenvalue weighted by atomic mass is 10.0. The summed E-state index contributed by atoms with van der Waals surface area (Å²) in [5, 5.41) is 22.2. The van der Waals surface area contributed by atoms with Gasteiger partial charge >= 0.3 is 0 Å². The Hall–Kier alpha value is -2.24. The number of hydrogen-bond acceptors (Lipinski definition) is 5. The number of aromatic nitrogens is 4. The van der Waals surface area contributed by atoms with E-state index in [4.69, 9.17) is 0 Å². The van der Waals surface area contributed by atoms with Gasteiger partial charge in [0.05, 0.1) is 6.54 Å². The first-order chi connectivity index (χ1) is 9.06. The monoisotopic (exact) mass is 259 g/mol. The van der Waals surface area contributed by atoms with E-state index < -0.39 is 5.97 Å². The summed E-state index contributed by atoms with van der Waals surface area (Å²) in [6.07, 6.45) is -0.123. The normalized spacial score (nSPS) is 10.9. The molecule has 19 heavy (non-hydrogen) atoms. The van der Waals surface area contributed by atoms with Crippen LogP contribution >= 0.6 is 0 Å². The van der Waals surface area contributed by atoms with Crippen molar-refractivity contribution in [2.75, 3.05) is 0 Å². The molecular weight excluding hydrogens is 244 g/mol. The molecule has 0 aliphatic rings. The van der Waals surface area contributed by atoms with Gasteiger partial charge in [-0.15, -0.1) is 10.2 Å². The lowest BCUT2D eigenvalue weighted by Crippen LogP contribution is -2.24. The number of tetrazole rings is 1. The second-order valence-electron chi connectivity index (χ2n) is 4.61. The molecule has 1 aromatic carbocycles. The SMILES string of the molecule is CC(C)c1ccc(-c2nnn(CCC(=O)[O-])n2)cc1. The summed E-state index contributed by atoms with van der Waals surface area (Å²) in [6, 6.07) is 7.94. The maximum atomic E-state index is 10.4. The molecule has 0 radical (unpaired) electrons. The van der Waals surface area contributed by atoms with Gasteiger partial charge in [-0.05, 0) is 16.7 Å². The van der Waals surface area contributed by atoms with E-state index in [1.165, 1.54) is 10.4 Å². The lowest BCUT2D eigenvalue weighted by Gasteiger charge is -2.04. The third-order valence-corrected chi connectivity index (χ3v) is 2.80. The molecular formula is C13H15N4O2-. The number of rotatable bonds is 5. The molecule has 6 nitrogen and oxygen atoms in total. The van der Waals surface area contributed by atoms with Crippen LogP contribution in [0.2, 0.25) is 0 Å². The number of hydrogen-bond donors (Lipinski definition) is 0. The zero-order chi connectivity index (χ0) is 13.8. The fraction of sp³-hybridized carbons (Fsp3) is 0.385. The van der Waals surface area contributed by atoms with Crippen molar-refractivity contribution < 1.29 is 9.90 Å². The first-order valence-corrected chi connectivity index (χ1v) is 6.14. The van der Waals surface area contributed by atoms with Crippen molar-refractivity contribution in [1.82, 2.24) is 20.2 Å². The third-order valence-electron chi connectivity index (χ3n) is 2.80. The van der Waals surface area contributed by atoms with Crippen LogP contribution in [0.4, 0.5) is 0 Å². The minimum absolute atomic E-state index is 0.123. The van der Waals surface area contributed by atoms with Gasteiger partial charge in [-0.1, -0.05) is 38.1 Å². The van der Waals surface area contributed by atoms with Crippen LogP contribution in [-0.2, 0) is 11.3 Å². The average Bonchev–Trinajstić information content (AvgIpc) is 2.85. The maximum absolute atomic E-state index is 10.4. The van der Waals surface area contributed by atoms with E-state index in [9.17, 15) is 9.90 Å². The number of carboxylic acid groups (broad SMARTS) is 1. The molecule has 2 rings (SSSR count). The van der Waals surface area contributed by atoms with E-state index >= 15 is 0 Å². The highest BCUT2D eigenvalue weighted by Gasteiger charge is 2.06. The Morgan fingerprint density at radius 1 is 1.32 bits per heavy atom. The Morgan fingerprint density at radius 3 is 2.58 bits per heavy atom. The molecule has 0 aliphatic heterocycles. The van der Waals surface area contributed by atoms with Crippen LogP contribution in [-0.4, -0.2) is 26.2 Å². The fourth-order valence-corrected chi connectivity index (χ4v) is 1.66. The van der Waals surface area contributed by atoms with Crippen LogP contribution in [0.1, 0.15) is 31.7 Å². The molecule has 0 amide bonds. The number of benzene rings is 1. The second kappa shape index (κ2) is 5.60. The fourth-order valence-electron chi connectivity index (χ4n) is 1.66. The summed E-state index contributed by atoms with van der Waals surface area (Å²) in [5.41, 5.74) is 2.11. The molecule has 1 aromatic heterocycles. The van der Waals surface area contributed by atoms with E-state index in [-0.39, 0.29) is 13.0 Å². The summed E-state index contributed by atoms with van der Waals surface area (Å²) in [6.45, 7) is 4.42. The summed E-state index contributed by atoms with van der Waals surface area (Å²) in [4.78, 5) is 11.6. The Kier molecular flexibility index (Phi) is 3.89. The van der Waals surface area contributed by atoms with Crippen molar-refractivity contribution in [2.24, 2.45) is 0 Å². The van der Waals surface area contributed by atoms with Crippen LogP contribution in [0.5, 0.6) is 0 Å². The molecule has 2 aromatic rings. The smallest absolute Gasteiger partial charge is 0.204 e. The van der Waals surface area contributed by atoms with Crippen LogP contribution in [0.25, 0.3) is 11.4 Å². The molecule has 6 heteroatoms. The van der Waals surface area contributed by atoms with Crippen molar-refractivity contribution >= 4 is 5.97 Å². The minimum Gasteiger partial charge on any atom is -0.550 e. The molecule has 0 atom stereocenters. The highest BCUT2D eigenvalue weighted by molar-refractivity contribution is 5.64. The number of nitrogens with zero attached hydrogens (tertiary/aromatic N) is 4. The van der Waals surface area contributed by atoms with Crippen molar-refractivity contribution in [3.05, 3.63) is 29.8 Å². The van der Waals surface area contributed by atoms with Gasteiger partial charge in [0, 0.05) is 18.0 Å². The molecule has 0 unspecified atom stereocenters. The third kappa shape index (κ3) is 3.37. The number of carbonyl (C=O) groups excluding carboxylic acids is 1. The van der Waals surface area contributed by atoms with E-state index in [2.05, 4.69) is 29.3 Å².